The van der Waals surface area contributed by atoms with Crippen molar-refractivity contribution in [3.05, 3.63) is 48.0 Å². The Labute approximate surface area is 141 Å². The molecular formula is C18H21N5O. The summed E-state index contributed by atoms with van der Waals surface area (Å²) in [5.74, 6) is 1.36. The Morgan fingerprint density at radius 3 is 2.58 bits per heavy atom. The molecule has 0 radical (unpaired) electrons. The van der Waals surface area contributed by atoms with Gasteiger partial charge in [-0.25, -0.2) is 9.50 Å². The highest BCUT2D eigenvalue weighted by Crippen LogP contribution is 2.25. The third kappa shape index (κ3) is 2.90. The van der Waals surface area contributed by atoms with E-state index in [2.05, 4.69) is 51.2 Å². The van der Waals surface area contributed by atoms with E-state index in [1.54, 1.807) is 4.52 Å². The van der Waals surface area contributed by atoms with Gasteiger partial charge in [0.25, 0.3) is 5.78 Å². The molecular weight excluding hydrogens is 302 g/mol. The average Bonchev–Trinajstić information content (AvgIpc) is 3.01. The van der Waals surface area contributed by atoms with Gasteiger partial charge in [-0.2, -0.15) is 10.1 Å². The van der Waals surface area contributed by atoms with Crippen LogP contribution in [0.25, 0.3) is 16.9 Å². The highest BCUT2D eigenvalue weighted by molar-refractivity contribution is 5.62. The summed E-state index contributed by atoms with van der Waals surface area (Å²) in [5, 5.41) is 4.33. The Bertz CT molecular complexity index is 836. The second-order valence-corrected chi connectivity index (χ2v) is 6.19. The summed E-state index contributed by atoms with van der Waals surface area (Å²) in [6, 6.07) is 9.11. The number of nitrogens with zero attached hydrogens (tertiary/aromatic N) is 5. The number of morpholine rings is 1. The lowest BCUT2D eigenvalue weighted by Crippen LogP contribution is -2.37. The molecule has 1 atom stereocenters. The van der Waals surface area contributed by atoms with E-state index in [4.69, 9.17) is 4.74 Å². The first-order valence-corrected chi connectivity index (χ1v) is 8.32. The number of aryl methyl sites for hydroxylation is 1. The lowest BCUT2D eigenvalue weighted by molar-refractivity contribution is 0.0198. The van der Waals surface area contributed by atoms with Crippen LogP contribution in [-0.4, -0.2) is 50.8 Å². The number of hydrogen-bond donors (Lipinski definition) is 0. The summed E-state index contributed by atoms with van der Waals surface area (Å²) in [7, 11) is 0. The third-order valence-electron chi connectivity index (χ3n) is 4.62. The maximum Gasteiger partial charge on any atom is 0.252 e. The molecule has 0 saturated carbocycles. The lowest BCUT2D eigenvalue weighted by atomic mass is 10.0. The van der Waals surface area contributed by atoms with Crippen molar-refractivity contribution in [3.8, 4) is 11.1 Å². The second kappa shape index (κ2) is 6.30. The fourth-order valence-corrected chi connectivity index (χ4v) is 3.16. The summed E-state index contributed by atoms with van der Waals surface area (Å²) in [5.41, 5.74) is 3.50. The summed E-state index contributed by atoms with van der Waals surface area (Å²) >= 11 is 0. The predicted molar refractivity (Wildman–Crippen MR) is 91.8 cm³/mol. The first-order chi connectivity index (χ1) is 11.7. The Morgan fingerprint density at radius 2 is 1.83 bits per heavy atom. The molecule has 0 N–H and O–H groups in total. The van der Waals surface area contributed by atoms with Crippen LogP contribution in [0.4, 0.5) is 0 Å². The molecule has 24 heavy (non-hydrogen) atoms. The van der Waals surface area contributed by atoms with Crippen LogP contribution in [0.2, 0.25) is 0 Å². The molecule has 124 valence electrons. The van der Waals surface area contributed by atoms with E-state index in [-0.39, 0.29) is 0 Å². The minimum atomic E-state index is 0.404. The van der Waals surface area contributed by atoms with Gasteiger partial charge in [0.1, 0.15) is 5.82 Å². The molecule has 1 fully saturated rings. The standard InChI is InChI=1S/C18H21N5O/c1-13(22-7-9-24-10-8-22)15-3-5-16(6-4-15)17-11-19-18-20-14(2)21-23(18)12-17/h3-6,11-13H,7-10H2,1-2H3/t13-/m0/s1. The first kappa shape index (κ1) is 15.2. The van der Waals surface area contributed by atoms with Crippen LogP contribution in [0, 0.1) is 6.92 Å². The number of rotatable bonds is 3. The number of aromatic nitrogens is 4. The molecule has 4 rings (SSSR count). The fraction of sp³-hybridized carbons (Fsp3) is 0.389. The van der Waals surface area contributed by atoms with Gasteiger partial charge in [-0.05, 0) is 25.0 Å². The van der Waals surface area contributed by atoms with E-state index in [1.165, 1.54) is 5.56 Å². The zero-order valence-electron chi connectivity index (χ0n) is 14.0. The summed E-state index contributed by atoms with van der Waals surface area (Å²) in [6.45, 7) is 7.77. The zero-order valence-corrected chi connectivity index (χ0v) is 14.0. The van der Waals surface area contributed by atoms with E-state index < -0.39 is 0 Å². The Hall–Kier alpha value is -2.31. The topological polar surface area (TPSA) is 55.5 Å². The predicted octanol–water partition coefficient (Wildman–Crippen LogP) is 2.49. The number of hydrogen-bond acceptors (Lipinski definition) is 5. The van der Waals surface area contributed by atoms with Gasteiger partial charge in [0.2, 0.25) is 0 Å². The van der Waals surface area contributed by atoms with Crippen LogP contribution >= 0.6 is 0 Å². The fourth-order valence-electron chi connectivity index (χ4n) is 3.16. The average molecular weight is 323 g/mol. The van der Waals surface area contributed by atoms with Crippen molar-refractivity contribution in [2.45, 2.75) is 19.9 Å². The van der Waals surface area contributed by atoms with Crippen molar-refractivity contribution >= 4 is 5.78 Å². The Morgan fingerprint density at radius 1 is 1.08 bits per heavy atom. The SMILES string of the molecule is Cc1nc2ncc(-c3ccc([C@H](C)N4CCOCC4)cc3)cn2n1. The van der Waals surface area contributed by atoms with Crippen LogP contribution < -0.4 is 0 Å². The van der Waals surface area contributed by atoms with Gasteiger partial charge in [0.05, 0.1) is 13.2 Å². The normalized spacial score (nSPS) is 17.2. The summed E-state index contributed by atoms with van der Waals surface area (Å²) in [6.07, 6.45) is 3.83. The summed E-state index contributed by atoms with van der Waals surface area (Å²) in [4.78, 5) is 11.1. The molecule has 3 aromatic rings. The molecule has 1 saturated heterocycles. The molecule has 1 aliphatic rings. The zero-order chi connectivity index (χ0) is 16.5. The van der Waals surface area contributed by atoms with Crippen molar-refractivity contribution < 1.29 is 4.74 Å². The van der Waals surface area contributed by atoms with Crippen molar-refractivity contribution in [3.63, 3.8) is 0 Å². The molecule has 2 aromatic heterocycles. The minimum Gasteiger partial charge on any atom is -0.379 e. The van der Waals surface area contributed by atoms with Crippen LogP contribution in [0.5, 0.6) is 0 Å². The number of ether oxygens (including phenoxy) is 1. The molecule has 1 aromatic carbocycles. The van der Waals surface area contributed by atoms with E-state index >= 15 is 0 Å². The minimum absolute atomic E-state index is 0.404. The monoisotopic (exact) mass is 323 g/mol. The van der Waals surface area contributed by atoms with Gasteiger partial charge in [-0.3, -0.25) is 4.90 Å². The van der Waals surface area contributed by atoms with Crippen LogP contribution in [0.15, 0.2) is 36.7 Å². The molecule has 0 amide bonds. The largest absolute Gasteiger partial charge is 0.379 e. The van der Waals surface area contributed by atoms with Gasteiger partial charge in [0.15, 0.2) is 0 Å². The van der Waals surface area contributed by atoms with Gasteiger partial charge >= 0.3 is 0 Å². The maximum atomic E-state index is 5.44. The van der Waals surface area contributed by atoms with E-state index in [0.29, 0.717) is 11.8 Å². The van der Waals surface area contributed by atoms with E-state index in [9.17, 15) is 0 Å². The van der Waals surface area contributed by atoms with Crippen LogP contribution in [0.3, 0.4) is 0 Å². The quantitative estimate of drug-likeness (QED) is 0.741. The Kier molecular flexibility index (Phi) is 4.00. The molecule has 6 nitrogen and oxygen atoms in total. The molecule has 1 aliphatic heterocycles. The molecule has 0 aliphatic carbocycles. The lowest BCUT2D eigenvalue weighted by Gasteiger charge is -2.32. The highest BCUT2D eigenvalue weighted by Gasteiger charge is 2.18. The van der Waals surface area contributed by atoms with E-state index in [1.807, 2.05) is 19.3 Å². The van der Waals surface area contributed by atoms with Gasteiger partial charge in [0, 0.05) is 37.1 Å². The number of benzene rings is 1. The second-order valence-electron chi connectivity index (χ2n) is 6.19. The maximum absolute atomic E-state index is 5.44. The molecule has 3 heterocycles. The van der Waals surface area contributed by atoms with Crippen LogP contribution in [-0.2, 0) is 4.74 Å². The van der Waals surface area contributed by atoms with E-state index in [0.717, 1.165) is 43.3 Å². The van der Waals surface area contributed by atoms with Crippen molar-refractivity contribution in [1.29, 1.82) is 0 Å². The molecule has 6 heteroatoms. The van der Waals surface area contributed by atoms with Crippen molar-refractivity contribution in [1.82, 2.24) is 24.5 Å². The van der Waals surface area contributed by atoms with Gasteiger partial charge < -0.3 is 4.74 Å². The molecule has 0 unspecified atom stereocenters. The number of fused-ring (bicyclic) bond motifs is 1. The van der Waals surface area contributed by atoms with Crippen molar-refractivity contribution in [2.24, 2.45) is 0 Å². The highest BCUT2D eigenvalue weighted by atomic mass is 16.5. The molecule has 0 spiro atoms. The van der Waals surface area contributed by atoms with Crippen LogP contribution in [0.1, 0.15) is 24.4 Å². The molecule has 0 bridgehead atoms. The van der Waals surface area contributed by atoms with Crippen molar-refractivity contribution in [2.75, 3.05) is 26.3 Å². The Balaban J connectivity index is 1.57. The first-order valence-electron chi connectivity index (χ1n) is 8.32. The summed E-state index contributed by atoms with van der Waals surface area (Å²) < 4.78 is 7.17. The van der Waals surface area contributed by atoms with Gasteiger partial charge in [-0.15, -0.1) is 0 Å². The smallest absolute Gasteiger partial charge is 0.252 e. The third-order valence-corrected chi connectivity index (χ3v) is 4.62. The van der Waals surface area contributed by atoms with Gasteiger partial charge in [-0.1, -0.05) is 24.3 Å².